The number of carbonyl (C=O) groups excluding carboxylic acids is 1. The highest BCUT2D eigenvalue weighted by molar-refractivity contribution is 9.10. The largest absolute Gasteiger partial charge is 0.448 e. The predicted octanol–water partition coefficient (Wildman–Crippen LogP) is 7.72. The van der Waals surface area contributed by atoms with Crippen molar-refractivity contribution in [2.75, 3.05) is 6.61 Å². The summed E-state index contributed by atoms with van der Waals surface area (Å²) >= 11 is 3.64. The van der Waals surface area contributed by atoms with Gasteiger partial charge in [0.2, 0.25) is 0 Å². The summed E-state index contributed by atoms with van der Waals surface area (Å²) in [7, 11) is 0. The first-order valence-corrected chi connectivity index (χ1v) is 13.0. The fraction of sp³-hybridized carbons (Fsp3) is 0.300. The van der Waals surface area contributed by atoms with Crippen LogP contribution in [0.4, 0.5) is 4.79 Å². The van der Waals surface area contributed by atoms with Gasteiger partial charge >= 0.3 is 6.09 Å². The Morgan fingerprint density at radius 3 is 2.38 bits per heavy atom. The van der Waals surface area contributed by atoms with Gasteiger partial charge in [-0.25, -0.2) is 4.79 Å². The lowest BCUT2D eigenvalue weighted by Crippen LogP contribution is -2.51. The molecule has 2 bridgehead atoms. The molecule has 0 N–H and O–H groups in total. The average Bonchev–Trinajstić information content (AvgIpc) is 3.15. The van der Waals surface area contributed by atoms with Crippen molar-refractivity contribution >= 4 is 27.6 Å². The molecule has 3 aromatic rings. The summed E-state index contributed by atoms with van der Waals surface area (Å²) in [6.45, 7) is 2.51. The molecule has 172 valence electrons. The molecule has 1 amide bonds. The van der Waals surface area contributed by atoms with Crippen LogP contribution >= 0.6 is 15.9 Å². The van der Waals surface area contributed by atoms with Crippen molar-refractivity contribution in [2.24, 2.45) is 0 Å². The smallest absolute Gasteiger partial charge is 0.410 e. The van der Waals surface area contributed by atoms with Crippen molar-refractivity contribution in [1.29, 1.82) is 0 Å². The van der Waals surface area contributed by atoms with Crippen molar-refractivity contribution in [1.82, 2.24) is 4.90 Å². The quantitative estimate of drug-likeness (QED) is 0.358. The zero-order valence-corrected chi connectivity index (χ0v) is 20.9. The molecular weight excluding hydrogens is 486 g/mol. The fourth-order valence-corrected chi connectivity index (χ4v) is 6.73. The second kappa shape index (κ2) is 8.74. The van der Waals surface area contributed by atoms with Crippen molar-refractivity contribution in [3.63, 3.8) is 0 Å². The van der Waals surface area contributed by atoms with Gasteiger partial charge in [0.1, 0.15) is 6.61 Å². The molecule has 0 spiro atoms. The third-order valence-electron chi connectivity index (χ3n) is 7.60. The van der Waals surface area contributed by atoms with Crippen LogP contribution in [0.2, 0.25) is 0 Å². The molecule has 2 atom stereocenters. The van der Waals surface area contributed by atoms with Crippen molar-refractivity contribution in [3.05, 3.63) is 99.5 Å². The molecule has 0 radical (unpaired) electrons. The van der Waals surface area contributed by atoms with Crippen LogP contribution in [0.5, 0.6) is 0 Å². The summed E-state index contributed by atoms with van der Waals surface area (Å²) in [4.78, 5) is 15.4. The maximum absolute atomic E-state index is 13.4. The molecule has 2 heterocycles. The molecular formula is C30H28BrNO2. The SMILES string of the molecule is Cc1cc(Br)cc(C2=CC3CCCC(C2)N3C(=O)OCC2c3ccccc3-c3ccccc32)c1. The van der Waals surface area contributed by atoms with Gasteiger partial charge in [0, 0.05) is 16.4 Å². The monoisotopic (exact) mass is 513 g/mol. The predicted molar refractivity (Wildman–Crippen MR) is 140 cm³/mol. The van der Waals surface area contributed by atoms with Crippen LogP contribution in [0.25, 0.3) is 16.7 Å². The molecule has 1 fully saturated rings. The van der Waals surface area contributed by atoms with Crippen LogP contribution in [0.3, 0.4) is 0 Å². The van der Waals surface area contributed by atoms with Gasteiger partial charge < -0.3 is 4.74 Å². The number of benzene rings is 3. The van der Waals surface area contributed by atoms with Gasteiger partial charge in [-0.1, -0.05) is 76.6 Å². The Balaban J connectivity index is 1.22. The highest BCUT2D eigenvalue weighted by Gasteiger charge is 2.39. The van der Waals surface area contributed by atoms with E-state index in [9.17, 15) is 4.79 Å². The van der Waals surface area contributed by atoms with Gasteiger partial charge in [-0.2, -0.15) is 0 Å². The molecule has 6 rings (SSSR count). The summed E-state index contributed by atoms with van der Waals surface area (Å²) < 4.78 is 7.15. The Morgan fingerprint density at radius 2 is 1.71 bits per heavy atom. The molecule has 0 saturated carbocycles. The Bertz CT molecular complexity index is 1230. The van der Waals surface area contributed by atoms with E-state index in [1.165, 1.54) is 39.0 Å². The van der Waals surface area contributed by atoms with E-state index in [1.54, 1.807) is 0 Å². The standard InChI is InChI=1S/C30H28BrNO2/c1-19-13-20(15-22(31)14-19)21-16-23-7-6-8-24(17-21)32(23)30(33)34-18-29-27-11-4-2-9-25(27)26-10-3-5-12-28(26)29/h2-5,9-16,23-24,29H,6-8,17-18H2,1H3. The highest BCUT2D eigenvalue weighted by atomic mass is 79.9. The van der Waals surface area contributed by atoms with Gasteiger partial charge in [-0.05, 0) is 83.7 Å². The summed E-state index contributed by atoms with van der Waals surface area (Å²) in [5.41, 5.74) is 8.87. The van der Waals surface area contributed by atoms with Crippen LogP contribution in [0, 0.1) is 6.92 Å². The number of halogens is 1. The molecule has 34 heavy (non-hydrogen) atoms. The van der Waals surface area contributed by atoms with E-state index in [1.807, 2.05) is 4.90 Å². The summed E-state index contributed by atoms with van der Waals surface area (Å²) in [6, 6.07) is 23.9. The van der Waals surface area contributed by atoms with Gasteiger partial charge in [0.05, 0.1) is 6.04 Å². The molecule has 3 aromatic carbocycles. The highest BCUT2D eigenvalue weighted by Crippen LogP contribution is 2.45. The van der Waals surface area contributed by atoms with Gasteiger partial charge in [0.15, 0.2) is 0 Å². The number of fused-ring (bicyclic) bond motifs is 5. The number of carbonyl (C=O) groups is 1. The minimum absolute atomic E-state index is 0.0942. The third kappa shape index (κ3) is 3.78. The fourth-order valence-electron chi connectivity index (χ4n) is 6.12. The van der Waals surface area contributed by atoms with E-state index in [4.69, 9.17) is 4.74 Å². The zero-order chi connectivity index (χ0) is 23.2. The summed E-state index contributed by atoms with van der Waals surface area (Å²) in [6.07, 6.45) is 6.21. The lowest BCUT2D eigenvalue weighted by Gasteiger charge is -2.44. The lowest BCUT2D eigenvalue weighted by atomic mass is 9.83. The first-order chi connectivity index (χ1) is 16.6. The van der Waals surface area contributed by atoms with Gasteiger partial charge in [-0.15, -0.1) is 0 Å². The van der Waals surface area contributed by atoms with E-state index < -0.39 is 0 Å². The van der Waals surface area contributed by atoms with Gasteiger partial charge in [-0.3, -0.25) is 4.90 Å². The topological polar surface area (TPSA) is 29.5 Å². The minimum Gasteiger partial charge on any atom is -0.448 e. The summed E-state index contributed by atoms with van der Waals surface area (Å²) in [5, 5.41) is 0. The van der Waals surface area contributed by atoms with Crippen LogP contribution in [-0.2, 0) is 4.74 Å². The van der Waals surface area contributed by atoms with Crippen LogP contribution in [-0.4, -0.2) is 29.7 Å². The van der Waals surface area contributed by atoms with E-state index in [-0.39, 0.29) is 24.1 Å². The van der Waals surface area contributed by atoms with E-state index in [0.29, 0.717) is 6.61 Å². The molecule has 1 aliphatic carbocycles. The number of amides is 1. The number of hydrogen-bond acceptors (Lipinski definition) is 2. The Morgan fingerprint density at radius 1 is 1.00 bits per heavy atom. The molecule has 3 nitrogen and oxygen atoms in total. The van der Waals surface area contributed by atoms with Gasteiger partial charge in [0.25, 0.3) is 0 Å². The molecule has 2 aliphatic heterocycles. The van der Waals surface area contributed by atoms with Crippen molar-refractivity contribution in [2.45, 2.75) is 50.6 Å². The minimum atomic E-state index is -0.169. The van der Waals surface area contributed by atoms with Crippen LogP contribution < -0.4 is 0 Å². The number of ether oxygens (including phenoxy) is 1. The molecule has 1 saturated heterocycles. The summed E-state index contributed by atoms with van der Waals surface area (Å²) in [5.74, 6) is 0.0942. The number of rotatable bonds is 3. The first-order valence-electron chi connectivity index (χ1n) is 12.2. The van der Waals surface area contributed by atoms with Crippen molar-refractivity contribution < 1.29 is 9.53 Å². The maximum Gasteiger partial charge on any atom is 0.410 e. The second-order valence-corrected chi connectivity index (χ2v) is 10.7. The lowest BCUT2D eigenvalue weighted by molar-refractivity contribution is 0.0539. The van der Waals surface area contributed by atoms with Crippen LogP contribution in [0.15, 0.2) is 77.3 Å². The second-order valence-electron chi connectivity index (χ2n) is 9.78. The Kier molecular flexibility index (Phi) is 5.57. The van der Waals surface area contributed by atoms with Crippen LogP contribution in [0.1, 0.15) is 53.9 Å². The zero-order valence-electron chi connectivity index (χ0n) is 19.3. The Hall–Kier alpha value is -2.85. The number of piperidine rings is 1. The Labute approximate surface area is 209 Å². The molecule has 2 unspecified atom stereocenters. The van der Waals surface area contributed by atoms with E-state index in [0.717, 1.165) is 30.2 Å². The normalized spacial score (nSPS) is 21.0. The van der Waals surface area contributed by atoms with Crippen molar-refractivity contribution in [3.8, 4) is 11.1 Å². The number of aryl methyl sites for hydroxylation is 1. The molecule has 4 heteroatoms. The van der Waals surface area contributed by atoms with E-state index in [2.05, 4.69) is 95.7 Å². The first kappa shape index (κ1) is 21.7. The molecule has 0 aromatic heterocycles. The maximum atomic E-state index is 13.4. The number of nitrogens with zero attached hydrogens (tertiary/aromatic N) is 1. The average molecular weight is 514 g/mol. The molecule has 3 aliphatic rings. The third-order valence-corrected chi connectivity index (χ3v) is 8.05. The van der Waals surface area contributed by atoms with E-state index >= 15 is 0 Å². The number of hydrogen-bond donors (Lipinski definition) is 0.